The highest BCUT2D eigenvalue weighted by molar-refractivity contribution is 7.17. The molecule has 2 aromatic rings. The van der Waals surface area contributed by atoms with Crippen molar-refractivity contribution < 1.29 is 63.8 Å². The first-order chi connectivity index (χ1) is 19.1. The van der Waals surface area contributed by atoms with E-state index in [1.54, 1.807) is 0 Å². The molecule has 0 unspecified atom stereocenters. The molecular formula is C24H24F8N2O6S2. The lowest BCUT2D eigenvalue weighted by molar-refractivity contribution is -0.345. The van der Waals surface area contributed by atoms with Gasteiger partial charge in [0.05, 0.1) is 24.3 Å². The minimum Gasteiger partial charge on any atom is -0.462 e. The van der Waals surface area contributed by atoms with Gasteiger partial charge in [-0.25, -0.2) is 9.59 Å². The molecule has 0 atom stereocenters. The second-order valence-corrected chi connectivity index (χ2v) is 11.1. The molecule has 2 heterocycles. The van der Waals surface area contributed by atoms with E-state index in [1.807, 2.05) is 0 Å². The van der Waals surface area contributed by atoms with Crippen molar-refractivity contribution in [3.8, 4) is 0 Å². The van der Waals surface area contributed by atoms with Crippen molar-refractivity contribution in [1.82, 2.24) is 0 Å². The predicted molar refractivity (Wildman–Crippen MR) is 137 cm³/mol. The molecule has 2 aromatic heterocycles. The molecule has 0 bridgehead atoms. The van der Waals surface area contributed by atoms with E-state index in [-0.39, 0.29) is 34.1 Å². The number of rotatable bonds is 11. The topological polar surface area (TPSA) is 111 Å². The minimum absolute atomic E-state index is 0.0820. The molecular weight excluding hydrogens is 628 g/mol. The van der Waals surface area contributed by atoms with Crippen LogP contribution in [0.25, 0.3) is 0 Å². The van der Waals surface area contributed by atoms with Crippen LogP contribution in [0.1, 0.15) is 55.4 Å². The lowest BCUT2D eigenvalue weighted by atomic mass is 9.97. The highest BCUT2D eigenvalue weighted by atomic mass is 32.1. The fourth-order valence-electron chi connectivity index (χ4n) is 3.37. The number of aryl methyl sites for hydroxylation is 2. The Hall–Kier alpha value is -3.28. The lowest BCUT2D eigenvalue weighted by Gasteiger charge is -2.35. The van der Waals surface area contributed by atoms with Crippen molar-refractivity contribution in [2.75, 3.05) is 23.8 Å². The number of carbonyl (C=O) groups excluding carboxylic acids is 4. The van der Waals surface area contributed by atoms with Crippen LogP contribution in [0.4, 0.5) is 45.1 Å². The molecule has 0 saturated heterocycles. The molecule has 0 spiro atoms. The molecule has 0 aliphatic carbocycles. The molecule has 2 rings (SSSR count). The summed E-state index contributed by atoms with van der Waals surface area (Å²) < 4.78 is 126. The van der Waals surface area contributed by atoms with Gasteiger partial charge in [0.2, 0.25) is 0 Å². The van der Waals surface area contributed by atoms with E-state index in [9.17, 15) is 54.3 Å². The zero-order chi connectivity index (χ0) is 32.6. The van der Waals surface area contributed by atoms with Gasteiger partial charge in [0.15, 0.2) is 0 Å². The fourth-order valence-corrected chi connectivity index (χ4v) is 5.46. The predicted octanol–water partition coefficient (Wildman–Crippen LogP) is 6.52. The van der Waals surface area contributed by atoms with Gasteiger partial charge in [-0.2, -0.15) is 35.1 Å². The fraction of sp³-hybridized carbons (Fsp3) is 0.500. The molecule has 0 aliphatic rings. The van der Waals surface area contributed by atoms with E-state index < -0.39 is 68.6 Å². The Labute approximate surface area is 241 Å². The van der Waals surface area contributed by atoms with E-state index in [1.165, 1.54) is 52.2 Å². The van der Waals surface area contributed by atoms with Gasteiger partial charge in [0.1, 0.15) is 10.0 Å². The SMILES string of the molecule is CCOC(=O)c1c(NC(=O)C(F)(F)C(F)(F)C(F)(F)C(F)(F)C(=O)Nc2sc(C)c(C)c2C(=O)OCC)sc(C)c1C. The first kappa shape index (κ1) is 34.9. The summed E-state index contributed by atoms with van der Waals surface area (Å²) in [6.07, 6.45) is 0. The monoisotopic (exact) mass is 652 g/mol. The average molecular weight is 653 g/mol. The van der Waals surface area contributed by atoms with Crippen LogP contribution in [-0.4, -0.2) is 60.7 Å². The van der Waals surface area contributed by atoms with Crippen molar-refractivity contribution in [3.63, 3.8) is 0 Å². The summed E-state index contributed by atoms with van der Waals surface area (Å²) in [6.45, 7) is 7.58. The standard InChI is InChI=1S/C24H24F8N2O6S2/c1-7-39-17(35)13-9(3)11(5)41-15(13)33-19(37)21(25,26)23(29,30)24(31,32)22(27,28)20(38)34-16-14(18(36)40-8-2)10(4)12(6)42-16/h7-8H2,1-6H3,(H,33,37)(H,34,38). The lowest BCUT2D eigenvalue weighted by Crippen LogP contribution is -2.67. The first-order valence-electron chi connectivity index (χ1n) is 11.8. The van der Waals surface area contributed by atoms with Gasteiger partial charge in [-0.05, 0) is 52.7 Å². The highest BCUT2D eigenvalue weighted by Crippen LogP contribution is 2.53. The Morgan fingerprint density at radius 1 is 0.619 bits per heavy atom. The molecule has 234 valence electrons. The minimum atomic E-state index is -7.17. The number of carbonyl (C=O) groups is 4. The van der Waals surface area contributed by atoms with Crippen LogP contribution >= 0.6 is 22.7 Å². The molecule has 2 amide bonds. The summed E-state index contributed by atoms with van der Waals surface area (Å²) in [5, 5.41) is 0.852. The molecule has 0 saturated carbocycles. The Kier molecular flexibility index (Phi) is 10.1. The number of hydrogen-bond donors (Lipinski definition) is 2. The Morgan fingerprint density at radius 3 is 1.17 bits per heavy atom. The van der Waals surface area contributed by atoms with Crippen LogP contribution in [0.2, 0.25) is 0 Å². The third-order valence-electron chi connectivity index (χ3n) is 5.94. The van der Waals surface area contributed by atoms with E-state index in [0.717, 1.165) is 0 Å². The molecule has 2 N–H and O–H groups in total. The van der Waals surface area contributed by atoms with Crippen LogP contribution in [0.5, 0.6) is 0 Å². The van der Waals surface area contributed by atoms with E-state index in [2.05, 4.69) is 0 Å². The number of anilines is 2. The summed E-state index contributed by atoms with van der Waals surface area (Å²) in [7, 11) is 0. The molecule has 42 heavy (non-hydrogen) atoms. The molecule has 8 nitrogen and oxygen atoms in total. The normalized spacial score (nSPS) is 12.6. The summed E-state index contributed by atoms with van der Waals surface area (Å²) in [6, 6.07) is 0. The largest absolute Gasteiger partial charge is 0.462 e. The molecule has 0 aliphatic heterocycles. The number of thiophene rings is 2. The van der Waals surface area contributed by atoms with Crippen LogP contribution in [0, 0.1) is 27.7 Å². The molecule has 0 radical (unpaired) electrons. The third kappa shape index (κ3) is 5.82. The quantitative estimate of drug-likeness (QED) is 0.212. The summed E-state index contributed by atoms with van der Waals surface area (Å²) in [5.41, 5.74) is -0.915. The summed E-state index contributed by atoms with van der Waals surface area (Å²) in [4.78, 5) is 49.1. The van der Waals surface area contributed by atoms with E-state index >= 15 is 0 Å². The van der Waals surface area contributed by atoms with Crippen molar-refractivity contribution in [2.45, 2.75) is 65.2 Å². The number of esters is 2. The number of hydrogen-bond acceptors (Lipinski definition) is 8. The van der Waals surface area contributed by atoms with Gasteiger partial charge in [0, 0.05) is 9.75 Å². The maximum absolute atomic E-state index is 14.6. The highest BCUT2D eigenvalue weighted by Gasteiger charge is 2.84. The van der Waals surface area contributed by atoms with Crippen LogP contribution < -0.4 is 10.6 Å². The molecule has 0 aromatic carbocycles. The average Bonchev–Trinajstić information content (AvgIpc) is 3.31. The van der Waals surface area contributed by atoms with Gasteiger partial charge in [-0.1, -0.05) is 0 Å². The Morgan fingerprint density at radius 2 is 0.905 bits per heavy atom. The van der Waals surface area contributed by atoms with Gasteiger partial charge in [-0.15, -0.1) is 22.7 Å². The number of nitrogens with one attached hydrogen (secondary N) is 2. The second kappa shape index (κ2) is 12.1. The van der Waals surface area contributed by atoms with Gasteiger partial charge < -0.3 is 20.1 Å². The van der Waals surface area contributed by atoms with Crippen molar-refractivity contribution in [2.24, 2.45) is 0 Å². The third-order valence-corrected chi connectivity index (χ3v) is 8.18. The maximum atomic E-state index is 14.6. The van der Waals surface area contributed by atoms with Gasteiger partial charge >= 0.3 is 47.4 Å². The second-order valence-electron chi connectivity index (χ2n) is 8.62. The Bertz CT molecular complexity index is 1300. The number of amides is 2. The maximum Gasteiger partial charge on any atom is 0.393 e. The Balaban J connectivity index is 2.45. The van der Waals surface area contributed by atoms with Crippen molar-refractivity contribution >= 4 is 56.4 Å². The van der Waals surface area contributed by atoms with Crippen LogP contribution in [-0.2, 0) is 19.1 Å². The zero-order valence-corrected chi connectivity index (χ0v) is 24.3. The van der Waals surface area contributed by atoms with Crippen molar-refractivity contribution in [1.29, 1.82) is 0 Å². The number of ether oxygens (including phenoxy) is 2. The number of alkyl halides is 8. The van der Waals surface area contributed by atoms with Crippen LogP contribution in [0.3, 0.4) is 0 Å². The van der Waals surface area contributed by atoms with Crippen LogP contribution in [0.15, 0.2) is 0 Å². The van der Waals surface area contributed by atoms with Gasteiger partial charge in [-0.3, -0.25) is 9.59 Å². The smallest absolute Gasteiger partial charge is 0.393 e. The summed E-state index contributed by atoms with van der Waals surface area (Å²) in [5.74, 6) is -36.1. The molecule has 18 heteroatoms. The molecule has 0 fully saturated rings. The number of halogens is 8. The van der Waals surface area contributed by atoms with E-state index in [4.69, 9.17) is 9.47 Å². The zero-order valence-electron chi connectivity index (χ0n) is 22.7. The van der Waals surface area contributed by atoms with E-state index in [0.29, 0.717) is 22.7 Å². The summed E-state index contributed by atoms with van der Waals surface area (Å²) >= 11 is 0.864. The first-order valence-corrected chi connectivity index (χ1v) is 13.4. The van der Waals surface area contributed by atoms with Crippen molar-refractivity contribution in [3.05, 3.63) is 32.0 Å². The van der Waals surface area contributed by atoms with Gasteiger partial charge in [0.25, 0.3) is 0 Å².